The molecule has 0 rings (SSSR count). The second kappa shape index (κ2) is 6.89. The molecule has 0 fully saturated rings. The van der Waals surface area contributed by atoms with E-state index in [0.29, 0.717) is 12.3 Å². The predicted octanol–water partition coefficient (Wildman–Crippen LogP) is 2.70. The Bertz CT molecular complexity index is 206. The van der Waals surface area contributed by atoms with Crippen molar-refractivity contribution in [2.45, 2.75) is 53.1 Å². The molecule has 0 aromatic heterocycles. The summed E-state index contributed by atoms with van der Waals surface area (Å²) in [5.74, 6) is 0.605. The number of hydrogen-bond donors (Lipinski definition) is 0. The quantitative estimate of drug-likeness (QED) is 0.656. The molecule has 0 heterocycles. The van der Waals surface area contributed by atoms with Crippen LogP contribution in [0.25, 0.3) is 0 Å². The first-order chi connectivity index (χ1) is 7.20. The van der Waals surface area contributed by atoms with Crippen LogP contribution in [0.2, 0.25) is 0 Å². The molecule has 0 N–H and O–H groups in total. The van der Waals surface area contributed by atoms with Crippen LogP contribution in [-0.4, -0.2) is 36.6 Å². The second-order valence-corrected chi connectivity index (χ2v) is 5.82. The molecule has 3 heteroatoms. The topological polar surface area (TPSA) is 29.5 Å². The largest absolute Gasteiger partial charge is 0.460 e. The predicted molar refractivity (Wildman–Crippen MR) is 67.4 cm³/mol. The first-order valence-corrected chi connectivity index (χ1v) is 6.11. The average Bonchev–Trinajstić information content (AvgIpc) is 2.08. The summed E-state index contributed by atoms with van der Waals surface area (Å²) in [5, 5.41) is 0. The van der Waals surface area contributed by atoms with E-state index in [0.717, 1.165) is 13.1 Å². The van der Waals surface area contributed by atoms with Gasteiger partial charge in [-0.15, -0.1) is 0 Å². The van der Waals surface area contributed by atoms with Gasteiger partial charge >= 0.3 is 5.97 Å². The van der Waals surface area contributed by atoms with Gasteiger partial charge in [0.15, 0.2) is 0 Å². The van der Waals surface area contributed by atoms with Gasteiger partial charge in [-0.2, -0.15) is 0 Å². The van der Waals surface area contributed by atoms with Crippen LogP contribution in [0.5, 0.6) is 0 Å². The van der Waals surface area contributed by atoms with E-state index in [1.807, 2.05) is 27.8 Å². The molecule has 0 saturated heterocycles. The molecule has 0 saturated carbocycles. The first-order valence-electron chi connectivity index (χ1n) is 6.11. The fourth-order valence-electron chi connectivity index (χ4n) is 1.27. The van der Waals surface area contributed by atoms with Crippen LogP contribution in [0.4, 0.5) is 0 Å². The molecule has 0 bridgehead atoms. The van der Waals surface area contributed by atoms with Crippen LogP contribution in [0.1, 0.15) is 47.5 Å². The van der Waals surface area contributed by atoms with Gasteiger partial charge in [-0.25, -0.2) is 0 Å². The molecular formula is C13H27NO2. The number of nitrogens with zero attached hydrogens (tertiary/aromatic N) is 1. The molecule has 0 amide bonds. The Morgan fingerprint density at radius 1 is 1.25 bits per heavy atom. The third-order valence-corrected chi connectivity index (χ3v) is 2.21. The minimum atomic E-state index is -0.367. The molecular weight excluding hydrogens is 202 g/mol. The van der Waals surface area contributed by atoms with Crippen molar-refractivity contribution in [1.29, 1.82) is 0 Å². The number of esters is 1. The van der Waals surface area contributed by atoms with Crippen LogP contribution in [0.3, 0.4) is 0 Å². The van der Waals surface area contributed by atoms with E-state index < -0.39 is 0 Å². The van der Waals surface area contributed by atoms with Crippen LogP contribution < -0.4 is 0 Å². The monoisotopic (exact) mass is 229 g/mol. The molecule has 0 atom stereocenters. The smallest absolute Gasteiger partial charge is 0.307 e. The molecule has 0 aromatic rings. The summed E-state index contributed by atoms with van der Waals surface area (Å²) < 4.78 is 5.25. The summed E-state index contributed by atoms with van der Waals surface area (Å²) in [6.45, 7) is 11.9. The highest BCUT2D eigenvalue weighted by atomic mass is 16.6. The van der Waals surface area contributed by atoms with Gasteiger partial charge in [0.2, 0.25) is 0 Å². The van der Waals surface area contributed by atoms with E-state index in [-0.39, 0.29) is 11.6 Å². The third kappa shape index (κ3) is 9.97. The third-order valence-electron chi connectivity index (χ3n) is 2.21. The van der Waals surface area contributed by atoms with Crippen molar-refractivity contribution in [3.8, 4) is 0 Å². The molecule has 0 aliphatic carbocycles. The van der Waals surface area contributed by atoms with E-state index >= 15 is 0 Å². The molecule has 96 valence electrons. The standard InChI is InChI=1S/C13H27NO2/c1-11(2)7-9-14(6)10-8-12(15)16-13(3,4)5/h11H,7-10H2,1-6H3. The highest BCUT2D eigenvalue weighted by Crippen LogP contribution is 2.08. The summed E-state index contributed by atoms with van der Waals surface area (Å²) in [4.78, 5) is 13.6. The van der Waals surface area contributed by atoms with E-state index in [4.69, 9.17) is 4.74 Å². The number of hydrogen-bond acceptors (Lipinski definition) is 3. The maximum atomic E-state index is 11.5. The Balaban J connectivity index is 3.67. The number of carbonyl (C=O) groups is 1. The van der Waals surface area contributed by atoms with Crippen LogP contribution >= 0.6 is 0 Å². The fourth-order valence-corrected chi connectivity index (χ4v) is 1.27. The molecule has 0 aromatic carbocycles. The van der Waals surface area contributed by atoms with Crippen LogP contribution in [0, 0.1) is 5.92 Å². The number of carbonyl (C=O) groups excluding carboxylic acids is 1. The van der Waals surface area contributed by atoms with Gasteiger partial charge in [-0.05, 0) is 46.7 Å². The van der Waals surface area contributed by atoms with Crippen molar-refractivity contribution in [2.75, 3.05) is 20.1 Å². The van der Waals surface area contributed by atoms with Crippen LogP contribution in [-0.2, 0) is 9.53 Å². The van der Waals surface area contributed by atoms with E-state index in [1.54, 1.807) is 0 Å². The van der Waals surface area contributed by atoms with Gasteiger partial charge in [0, 0.05) is 6.54 Å². The zero-order valence-corrected chi connectivity index (χ0v) is 11.7. The van der Waals surface area contributed by atoms with Gasteiger partial charge in [-0.3, -0.25) is 4.79 Å². The minimum Gasteiger partial charge on any atom is -0.460 e. The zero-order valence-electron chi connectivity index (χ0n) is 11.7. The van der Waals surface area contributed by atoms with Gasteiger partial charge in [-0.1, -0.05) is 13.8 Å². The lowest BCUT2D eigenvalue weighted by molar-refractivity contribution is -0.155. The van der Waals surface area contributed by atoms with Crippen molar-refractivity contribution < 1.29 is 9.53 Å². The highest BCUT2D eigenvalue weighted by Gasteiger charge is 2.16. The molecule has 0 spiro atoms. The number of rotatable bonds is 6. The maximum Gasteiger partial charge on any atom is 0.307 e. The van der Waals surface area contributed by atoms with E-state index in [2.05, 4.69) is 18.7 Å². The van der Waals surface area contributed by atoms with Crippen molar-refractivity contribution in [3.63, 3.8) is 0 Å². The summed E-state index contributed by atoms with van der Waals surface area (Å²) in [5.41, 5.74) is -0.367. The van der Waals surface area contributed by atoms with Gasteiger partial charge < -0.3 is 9.64 Å². The molecule has 0 aliphatic rings. The maximum absolute atomic E-state index is 11.5. The molecule has 0 radical (unpaired) electrons. The molecule has 0 aliphatic heterocycles. The lowest BCUT2D eigenvalue weighted by Crippen LogP contribution is -2.28. The Hall–Kier alpha value is -0.570. The minimum absolute atomic E-state index is 0.108. The van der Waals surface area contributed by atoms with Gasteiger partial charge in [0.1, 0.15) is 5.60 Å². The van der Waals surface area contributed by atoms with E-state index in [9.17, 15) is 4.79 Å². The van der Waals surface area contributed by atoms with Crippen molar-refractivity contribution in [2.24, 2.45) is 5.92 Å². The van der Waals surface area contributed by atoms with Gasteiger partial charge in [0.05, 0.1) is 6.42 Å². The summed E-state index contributed by atoms with van der Waals surface area (Å²) in [6, 6.07) is 0. The molecule has 3 nitrogen and oxygen atoms in total. The normalized spacial score (nSPS) is 12.2. The average molecular weight is 229 g/mol. The Morgan fingerprint density at radius 3 is 2.25 bits per heavy atom. The highest BCUT2D eigenvalue weighted by molar-refractivity contribution is 5.70. The second-order valence-electron chi connectivity index (χ2n) is 5.82. The lowest BCUT2D eigenvalue weighted by atomic mass is 10.1. The first kappa shape index (κ1) is 15.4. The zero-order chi connectivity index (χ0) is 12.8. The van der Waals surface area contributed by atoms with Crippen molar-refractivity contribution in [1.82, 2.24) is 4.90 Å². The van der Waals surface area contributed by atoms with Gasteiger partial charge in [0.25, 0.3) is 0 Å². The SMILES string of the molecule is CC(C)CCN(C)CCC(=O)OC(C)(C)C. The Labute approximate surface area is 100 Å². The summed E-state index contributed by atoms with van der Waals surface area (Å²) in [7, 11) is 2.05. The van der Waals surface area contributed by atoms with E-state index in [1.165, 1.54) is 6.42 Å². The summed E-state index contributed by atoms with van der Waals surface area (Å²) >= 11 is 0. The van der Waals surface area contributed by atoms with Crippen molar-refractivity contribution >= 4 is 5.97 Å². The number of ether oxygens (including phenoxy) is 1. The van der Waals surface area contributed by atoms with Crippen LogP contribution in [0.15, 0.2) is 0 Å². The Kier molecular flexibility index (Phi) is 6.65. The lowest BCUT2D eigenvalue weighted by Gasteiger charge is -2.21. The van der Waals surface area contributed by atoms with Crippen molar-refractivity contribution in [3.05, 3.63) is 0 Å². The Morgan fingerprint density at radius 2 is 1.81 bits per heavy atom. The fraction of sp³-hybridized carbons (Fsp3) is 0.923. The molecule has 16 heavy (non-hydrogen) atoms. The molecule has 0 unspecified atom stereocenters. The summed E-state index contributed by atoms with van der Waals surface area (Å²) in [6.07, 6.45) is 1.65.